The van der Waals surface area contributed by atoms with Crippen LogP contribution in [0.4, 0.5) is 0 Å². The Labute approximate surface area is 101 Å². The van der Waals surface area contributed by atoms with Crippen molar-refractivity contribution in [2.24, 2.45) is 0 Å². The average Bonchev–Trinajstić information content (AvgIpc) is 2.28. The van der Waals surface area contributed by atoms with E-state index in [0.717, 1.165) is 5.56 Å². The third-order valence-corrected chi connectivity index (χ3v) is 2.40. The Morgan fingerprint density at radius 3 is 2.65 bits per heavy atom. The van der Waals surface area contributed by atoms with Crippen molar-refractivity contribution in [3.63, 3.8) is 0 Å². The summed E-state index contributed by atoms with van der Waals surface area (Å²) in [6, 6.07) is 3.78. The number of hydrogen-bond donors (Lipinski definition) is 1. The molecule has 0 fully saturated rings. The number of rotatable bonds is 5. The first-order chi connectivity index (χ1) is 7.95. The molecule has 0 saturated heterocycles. The Morgan fingerprint density at radius 2 is 2.12 bits per heavy atom. The van der Waals surface area contributed by atoms with Crippen molar-refractivity contribution >= 4 is 5.97 Å². The second kappa shape index (κ2) is 5.75. The standard InChI is InChI=1S/C12H18N2O3/c1-12(16,11(15)17-3)9-14(2)8-10-4-6-13-7-5-10/h4-7,16H,8-9H2,1-3H3. The number of ether oxygens (including phenoxy) is 1. The van der Waals surface area contributed by atoms with Crippen LogP contribution in [0.5, 0.6) is 0 Å². The molecular formula is C12H18N2O3. The highest BCUT2D eigenvalue weighted by Crippen LogP contribution is 2.10. The smallest absolute Gasteiger partial charge is 0.338 e. The van der Waals surface area contributed by atoms with E-state index >= 15 is 0 Å². The molecular weight excluding hydrogens is 220 g/mol. The third-order valence-electron chi connectivity index (χ3n) is 2.40. The Morgan fingerprint density at radius 1 is 1.53 bits per heavy atom. The topological polar surface area (TPSA) is 62.7 Å². The molecule has 0 amide bonds. The van der Waals surface area contributed by atoms with Crippen LogP contribution in [0.3, 0.4) is 0 Å². The minimum Gasteiger partial charge on any atom is -0.467 e. The summed E-state index contributed by atoms with van der Waals surface area (Å²) in [6.45, 7) is 2.29. The quantitative estimate of drug-likeness (QED) is 0.754. The highest BCUT2D eigenvalue weighted by atomic mass is 16.5. The lowest BCUT2D eigenvalue weighted by Crippen LogP contribution is -2.46. The molecule has 0 aliphatic carbocycles. The van der Waals surface area contributed by atoms with Crippen molar-refractivity contribution in [3.8, 4) is 0 Å². The molecule has 1 unspecified atom stereocenters. The van der Waals surface area contributed by atoms with Crippen LogP contribution in [0.2, 0.25) is 0 Å². The zero-order valence-corrected chi connectivity index (χ0v) is 10.4. The molecule has 1 aromatic heterocycles. The van der Waals surface area contributed by atoms with Gasteiger partial charge in [0.15, 0.2) is 5.60 Å². The normalized spacial score (nSPS) is 14.4. The van der Waals surface area contributed by atoms with Crippen molar-refractivity contribution in [2.45, 2.75) is 19.1 Å². The maximum atomic E-state index is 11.3. The van der Waals surface area contributed by atoms with E-state index in [1.807, 2.05) is 24.1 Å². The first kappa shape index (κ1) is 13.6. The first-order valence-corrected chi connectivity index (χ1v) is 5.34. The van der Waals surface area contributed by atoms with Gasteiger partial charge in [-0.15, -0.1) is 0 Å². The highest BCUT2D eigenvalue weighted by Gasteiger charge is 2.32. The fraction of sp³-hybridized carbons (Fsp3) is 0.500. The monoisotopic (exact) mass is 238 g/mol. The van der Waals surface area contributed by atoms with Gasteiger partial charge >= 0.3 is 5.97 Å². The molecule has 1 aromatic rings. The molecule has 94 valence electrons. The van der Waals surface area contributed by atoms with Crippen molar-refractivity contribution < 1.29 is 14.6 Å². The molecule has 0 bridgehead atoms. The van der Waals surface area contributed by atoms with Gasteiger partial charge in [0.05, 0.1) is 7.11 Å². The second-order valence-corrected chi connectivity index (χ2v) is 4.29. The van der Waals surface area contributed by atoms with Crippen LogP contribution in [0.1, 0.15) is 12.5 Å². The van der Waals surface area contributed by atoms with E-state index in [1.54, 1.807) is 12.4 Å². The average molecular weight is 238 g/mol. The summed E-state index contributed by atoms with van der Waals surface area (Å²) < 4.78 is 4.54. The maximum absolute atomic E-state index is 11.3. The van der Waals surface area contributed by atoms with Gasteiger partial charge in [-0.2, -0.15) is 0 Å². The van der Waals surface area contributed by atoms with Crippen molar-refractivity contribution in [3.05, 3.63) is 30.1 Å². The molecule has 5 nitrogen and oxygen atoms in total. The lowest BCUT2D eigenvalue weighted by molar-refractivity contribution is -0.162. The van der Waals surface area contributed by atoms with Crippen LogP contribution in [-0.4, -0.2) is 47.3 Å². The molecule has 1 N–H and O–H groups in total. The van der Waals surface area contributed by atoms with Crippen LogP contribution in [0.25, 0.3) is 0 Å². The molecule has 1 atom stereocenters. The van der Waals surface area contributed by atoms with Crippen LogP contribution < -0.4 is 0 Å². The number of carbonyl (C=O) groups is 1. The van der Waals surface area contributed by atoms with Gasteiger partial charge in [0.25, 0.3) is 0 Å². The Balaban J connectivity index is 2.55. The van der Waals surface area contributed by atoms with Gasteiger partial charge in [-0.25, -0.2) is 4.79 Å². The molecule has 1 heterocycles. The molecule has 0 aliphatic heterocycles. The van der Waals surface area contributed by atoms with E-state index in [-0.39, 0.29) is 6.54 Å². The number of esters is 1. The van der Waals surface area contributed by atoms with E-state index in [9.17, 15) is 9.90 Å². The zero-order valence-electron chi connectivity index (χ0n) is 10.4. The van der Waals surface area contributed by atoms with Crippen LogP contribution in [0, 0.1) is 0 Å². The summed E-state index contributed by atoms with van der Waals surface area (Å²) in [5.74, 6) is -0.626. The van der Waals surface area contributed by atoms with E-state index < -0.39 is 11.6 Å². The second-order valence-electron chi connectivity index (χ2n) is 4.29. The van der Waals surface area contributed by atoms with Crippen molar-refractivity contribution in [1.82, 2.24) is 9.88 Å². The SMILES string of the molecule is COC(=O)C(C)(O)CN(C)Cc1ccncc1. The lowest BCUT2D eigenvalue weighted by Gasteiger charge is -2.26. The minimum absolute atomic E-state index is 0.210. The number of aliphatic hydroxyl groups is 1. The number of hydrogen-bond acceptors (Lipinski definition) is 5. The molecule has 0 aromatic carbocycles. The van der Waals surface area contributed by atoms with Crippen LogP contribution in [-0.2, 0) is 16.1 Å². The molecule has 1 rings (SSSR count). The number of likely N-dealkylation sites (N-methyl/N-ethyl adjacent to an activating group) is 1. The van der Waals surface area contributed by atoms with Crippen LogP contribution in [0.15, 0.2) is 24.5 Å². The molecule has 5 heteroatoms. The van der Waals surface area contributed by atoms with Crippen LogP contribution >= 0.6 is 0 Å². The van der Waals surface area contributed by atoms with Gasteiger partial charge < -0.3 is 9.84 Å². The Hall–Kier alpha value is -1.46. The van der Waals surface area contributed by atoms with Gasteiger partial charge in [0.2, 0.25) is 0 Å². The summed E-state index contributed by atoms with van der Waals surface area (Å²) in [4.78, 5) is 17.1. The molecule has 0 radical (unpaired) electrons. The summed E-state index contributed by atoms with van der Waals surface area (Å²) in [6.07, 6.45) is 3.42. The van der Waals surface area contributed by atoms with Gasteiger partial charge in [-0.3, -0.25) is 9.88 Å². The fourth-order valence-corrected chi connectivity index (χ4v) is 1.67. The Kier molecular flexibility index (Phi) is 4.60. The molecule has 17 heavy (non-hydrogen) atoms. The number of nitrogens with zero attached hydrogens (tertiary/aromatic N) is 2. The molecule has 0 spiro atoms. The first-order valence-electron chi connectivity index (χ1n) is 5.34. The third kappa shape index (κ3) is 4.13. The van der Waals surface area contributed by atoms with Gasteiger partial charge in [0, 0.05) is 25.5 Å². The number of carbonyl (C=O) groups excluding carboxylic acids is 1. The summed E-state index contributed by atoms with van der Waals surface area (Å²) in [7, 11) is 3.09. The van der Waals surface area contributed by atoms with E-state index in [2.05, 4.69) is 9.72 Å². The van der Waals surface area contributed by atoms with Crippen molar-refractivity contribution in [1.29, 1.82) is 0 Å². The number of aromatic nitrogens is 1. The Bertz CT molecular complexity index is 365. The summed E-state index contributed by atoms with van der Waals surface area (Å²) in [5.41, 5.74) is -0.417. The fourth-order valence-electron chi connectivity index (χ4n) is 1.67. The summed E-state index contributed by atoms with van der Waals surface area (Å²) >= 11 is 0. The van der Waals surface area contributed by atoms with E-state index in [1.165, 1.54) is 14.0 Å². The number of methoxy groups -OCH3 is 1. The molecule has 0 aliphatic rings. The largest absolute Gasteiger partial charge is 0.467 e. The lowest BCUT2D eigenvalue weighted by atomic mass is 10.1. The van der Waals surface area contributed by atoms with Gasteiger partial charge in [-0.1, -0.05) is 0 Å². The maximum Gasteiger partial charge on any atom is 0.338 e. The highest BCUT2D eigenvalue weighted by molar-refractivity contribution is 5.78. The van der Waals surface area contributed by atoms with E-state index in [0.29, 0.717) is 6.54 Å². The zero-order chi connectivity index (χ0) is 12.9. The van der Waals surface area contributed by atoms with Crippen molar-refractivity contribution in [2.75, 3.05) is 20.7 Å². The minimum atomic E-state index is -1.49. The van der Waals surface area contributed by atoms with Gasteiger partial charge in [-0.05, 0) is 31.7 Å². The number of pyridine rings is 1. The van der Waals surface area contributed by atoms with Gasteiger partial charge in [0.1, 0.15) is 0 Å². The predicted octanol–water partition coefficient (Wildman–Crippen LogP) is 0.437. The molecule has 0 saturated carbocycles. The summed E-state index contributed by atoms with van der Waals surface area (Å²) in [5, 5.41) is 9.90. The predicted molar refractivity (Wildman–Crippen MR) is 63.2 cm³/mol. The van der Waals surface area contributed by atoms with E-state index in [4.69, 9.17) is 0 Å².